The van der Waals surface area contributed by atoms with Gasteiger partial charge in [-0.15, -0.1) is 0 Å². The Morgan fingerprint density at radius 1 is 1.27 bits per heavy atom. The van der Waals surface area contributed by atoms with Gasteiger partial charge in [0, 0.05) is 0 Å². The Balaban J connectivity index is -0.0000000886. The molecule has 0 saturated carbocycles. The molecule has 2 N–H and O–H groups in total. The van der Waals surface area contributed by atoms with E-state index < -0.39 is 16.5 Å². The molecule has 0 aromatic rings. The molecule has 0 radical (unpaired) electrons. The van der Waals surface area contributed by atoms with E-state index in [2.05, 4.69) is 23.2 Å². The Morgan fingerprint density at radius 2 is 1.27 bits per heavy atom. The summed E-state index contributed by atoms with van der Waals surface area (Å²) in [6.45, 7) is 2.09. The third-order valence-corrected chi connectivity index (χ3v) is 0. The quantitative estimate of drug-likeness (QED) is 0.378. The van der Waals surface area contributed by atoms with Crippen LogP contribution in [0.5, 0.6) is 0 Å². The number of hydrogen-bond acceptors (Lipinski definition) is 4. The maximum Gasteiger partial charge on any atom is 0.485 e. The number of hydrogen-bond donors (Lipinski definition) is 2. The van der Waals surface area contributed by atoms with Gasteiger partial charge < -0.3 is 9.79 Å². The van der Waals surface area contributed by atoms with Crippen LogP contribution in [0, 0.1) is 0 Å². The maximum absolute atomic E-state index is 8.59. The van der Waals surface area contributed by atoms with Gasteiger partial charge in [0.1, 0.15) is 0 Å². The van der Waals surface area contributed by atoms with Gasteiger partial charge in [0.15, 0.2) is 0 Å². The van der Waals surface area contributed by atoms with Crippen LogP contribution in [0.25, 0.3) is 0 Å². The molecule has 9 heteroatoms. The van der Waals surface area contributed by atoms with Crippen molar-refractivity contribution >= 4 is 32.8 Å². The Kier molecular flexibility index (Phi) is 27.0. The third kappa shape index (κ3) is 2370. The average Bonchev–Trinajstić information content (AvgIpc) is 1.60. The molecule has 0 saturated heterocycles. The standard InChI is InChI=1S/C2H5.Al.2HO3P/c1-2;;2*1-4(2)3/h1H2,2H3;;2*(H,1,2,3)/q;+2;;. The summed E-state index contributed by atoms with van der Waals surface area (Å²) in [5, 5.41) is 1.17. The Hall–Kier alpha value is 0.572. The van der Waals surface area contributed by atoms with E-state index in [1.807, 2.05) is 0 Å². The van der Waals surface area contributed by atoms with Crippen molar-refractivity contribution in [2.24, 2.45) is 0 Å². The summed E-state index contributed by atoms with van der Waals surface area (Å²) in [5.41, 5.74) is 0. The Bertz CT molecular complexity index is 86.8. The molecule has 0 bridgehead atoms. The van der Waals surface area contributed by atoms with Gasteiger partial charge in [0.05, 0.1) is 0 Å². The van der Waals surface area contributed by atoms with Crippen LogP contribution >= 0.6 is 16.5 Å². The van der Waals surface area contributed by atoms with E-state index in [0.29, 0.717) is 0 Å². The second-order valence-electron chi connectivity index (χ2n) is 0.884. The van der Waals surface area contributed by atoms with Crippen molar-refractivity contribution in [3.05, 3.63) is 0 Å². The molecule has 0 heterocycles. The fourth-order valence-electron chi connectivity index (χ4n) is 0. The predicted octanol–water partition coefficient (Wildman–Crippen LogP) is -1.41. The molecule has 0 fully saturated rings. The fourth-order valence-corrected chi connectivity index (χ4v) is 0. The largest absolute Gasteiger partial charge is 0.567 e. The molecular weight excluding hydrogens is 209 g/mol. The van der Waals surface area contributed by atoms with Gasteiger partial charge in [-0.3, -0.25) is 0 Å². The normalized spacial score (nSPS) is 9.73. The molecule has 0 amide bonds. The third-order valence-electron chi connectivity index (χ3n) is 0. The van der Waals surface area contributed by atoms with Gasteiger partial charge in [0.25, 0.3) is 0 Å². The first-order valence-electron chi connectivity index (χ1n) is 2.25. The van der Waals surface area contributed by atoms with Gasteiger partial charge in [-0.05, 0) is 9.13 Å². The van der Waals surface area contributed by atoms with E-state index in [0.717, 1.165) is 0 Å². The molecular formula is C2H7AlO6P2+2. The minimum Gasteiger partial charge on any atom is -0.567 e. The monoisotopic (exact) mass is 216 g/mol. The van der Waals surface area contributed by atoms with Crippen LogP contribution < -0.4 is 9.79 Å². The van der Waals surface area contributed by atoms with Gasteiger partial charge >= 0.3 is 45.0 Å². The van der Waals surface area contributed by atoms with E-state index in [9.17, 15) is 0 Å². The van der Waals surface area contributed by atoms with Crippen molar-refractivity contribution in [2.75, 3.05) is 0 Å². The first-order chi connectivity index (χ1) is 4.88. The van der Waals surface area contributed by atoms with Crippen LogP contribution in [-0.2, 0) is 9.13 Å². The van der Waals surface area contributed by atoms with Crippen molar-refractivity contribution < 1.29 is 28.7 Å². The van der Waals surface area contributed by atoms with Crippen molar-refractivity contribution in [1.29, 1.82) is 0 Å². The second kappa shape index (κ2) is 16.9. The van der Waals surface area contributed by atoms with E-state index in [4.69, 9.17) is 28.7 Å². The number of rotatable bonds is 0. The van der Waals surface area contributed by atoms with Crippen LogP contribution in [0.1, 0.15) is 6.92 Å². The topological polar surface area (TPSA) is 121 Å². The van der Waals surface area contributed by atoms with Crippen molar-refractivity contribution in [2.45, 2.75) is 12.2 Å². The van der Waals surface area contributed by atoms with Crippen molar-refractivity contribution in [1.82, 2.24) is 0 Å². The molecule has 0 aromatic carbocycles. The molecule has 0 aliphatic heterocycles. The summed E-state index contributed by atoms with van der Waals surface area (Å²) in [5.74, 6) is 0. The molecule has 0 aliphatic carbocycles. The SMILES string of the molecule is C[CH2][Al+2].O=[P+]([O-])O.O=[P+]([O-])O. The second-order valence-corrected chi connectivity index (χ2v) is 2.65. The molecule has 0 spiro atoms. The first-order valence-corrected chi connectivity index (χ1v) is 5.32. The summed E-state index contributed by atoms with van der Waals surface area (Å²) < 4.78 is 17.2. The zero-order chi connectivity index (χ0) is 9.86. The molecule has 0 rings (SSSR count). The summed E-state index contributed by atoms with van der Waals surface area (Å²) in [4.78, 5) is 31.2. The Morgan fingerprint density at radius 3 is 1.27 bits per heavy atom. The van der Waals surface area contributed by atoms with Crippen LogP contribution in [0.4, 0.5) is 0 Å². The van der Waals surface area contributed by atoms with Crippen LogP contribution in [0.15, 0.2) is 0 Å². The van der Waals surface area contributed by atoms with Crippen LogP contribution in [0.2, 0.25) is 5.28 Å². The zero-order valence-corrected chi connectivity index (χ0v) is 8.65. The van der Waals surface area contributed by atoms with Crippen molar-refractivity contribution in [3.63, 3.8) is 0 Å². The zero-order valence-electron chi connectivity index (χ0n) is 5.71. The van der Waals surface area contributed by atoms with Gasteiger partial charge in [-0.2, -0.15) is 9.79 Å². The van der Waals surface area contributed by atoms with Gasteiger partial charge in [0.2, 0.25) is 0 Å². The first kappa shape index (κ1) is 17.6. The van der Waals surface area contributed by atoms with Crippen LogP contribution in [-0.4, -0.2) is 26.1 Å². The smallest absolute Gasteiger partial charge is 0.485 e. The summed E-state index contributed by atoms with van der Waals surface area (Å²) >= 11 is 2.58. The van der Waals surface area contributed by atoms with Crippen LogP contribution in [0.3, 0.4) is 0 Å². The molecule has 0 aromatic heterocycles. The Labute approximate surface area is 74.2 Å². The average molecular weight is 216 g/mol. The van der Waals surface area contributed by atoms with Gasteiger partial charge in [-0.25, -0.2) is 0 Å². The minimum absolute atomic E-state index is 1.17. The molecule has 62 valence electrons. The molecule has 11 heavy (non-hydrogen) atoms. The summed E-state index contributed by atoms with van der Waals surface area (Å²) in [7, 11) is -6.24. The minimum atomic E-state index is -3.12. The van der Waals surface area contributed by atoms with Crippen molar-refractivity contribution in [3.8, 4) is 0 Å². The molecule has 0 aliphatic rings. The fraction of sp³-hybridized carbons (Fsp3) is 1.00. The van der Waals surface area contributed by atoms with E-state index in [1.54, 1.807) is 0 Å². The molecule has 2 atom stereocenters. The van der Waals surface area contributed by atoms with Gasteiger partial charge in [-0.1, -0.05) is 0 Å². The summed E-state index contributed by atoms with van der Waals surface area (Å²) in [6, 6.07) is 0. The summed E-state index contributed by atoms with van der Waals surface area (Å²) in [6.07, 6.45) is 0. The van der Waals surface area contributed by atoms with E-state index in [1.165, 1.54) is 5.28 Å². The van der Waals surface area contributed by atoms with E-state index in [-0.39, 0.29) is 0 Å². The molecule has 2 unspecified atom stereocenters. The predicted molar refractivity (Wildman–Crippen MR) is 35.9 cm³/mol. The maximum atomic E-state index is 8.59. The van der Waals surface area contributed by atoms with E-state index >= 15 is 0 Å². The molecule has 6 nitrogen and oxygen atoms in total.